The lowest BCUT2D eigenvalue weighted by Gasteiger charge is -2.15. The second-order valence-corrected chi connectivity index (χ2v) is 5.90. The van der Waals surface area contributed by atoms with Gasteiger partial charge in [-0.2, -0.15) is 8.78 Å². The van der Waals surface area contributed by atoms with E-state index in [1.54, 1.807) is 13.8 Å². The quantitative estimate of drug-likeness (QED) is 0.549. The third kappa shape index (κ3) is 3.25. The number of hydrogen-bond donors (Lipinski definition) is 1. The highest BCUT2D eigenvalue weighted by atomic mass is 19.3. The van der Waals surface area contributed by atoms with E-state index < -0.39 is 17.5 Å². The zero-order chi connectivity index (χ0) is 19.8. The molecule has 6 nitrogen and oxygen atoms in total. The van der Waals surface area contributed by atoms with Gasteiger partial charge >= 0.3 is 5.97 Å². The van der Waals surface area contributed by atoms with Crippen molar-refractivity contribution >= 4 is 11.6 Å². The van der Waals surface area contributed by atoms with Crippen molar-refractivity contribution in [3.8, 4) is 11.3 Å². The molecule has 0 radical (unpaired) electrons. The highest BCUT2D eigenvalue weighted by Crippen LogP contribution is 2.33. The highest BCUT2D eigenvalue weighted by molar-refractivity contribution is 5.95. The van der Waals surface area contributed by atoms with Crippen molar-refractivity contribution in [2.24, 2.45) is 0 Å². The van der Waals surface area contributed by atoms with E-state index in [1.165, 1.54) is 30.5 Å². The first kappa shape index (κ1) is 18.5. The van der Waals surface area contributed by atoms with Gasteiger partial charge in [-0.25, -0.2) is 14.3 Å². The number of hydrogen-bond acceptors (Lipinski definition) is 4. The number of nitrogens with zero attached hydrogens (tertiary/aromatic N) is 2. The summed E-state index contributed by atoms with van der Waals surface area (Å²) in [6.45, 7) is 6.55. The van der Waals surface area contributed by atoms with Crippen molar-refractivity contribution in [1.82, 2.24) is 14.6 Å². The molecule has 0 spiro atoms. The molecule has 27 heavy (non-hydrogen) atoms. The van der Waals surface area contributed by atoms with Crippen LogP contribution in [0.4, 0.5) is 8.78 Å². The standard InChI is InChI=1S/C19H17F2N3O3/c1-4-19(20,21)14-7-6-12(8-11(14)3)15-9-16(25)24-17(23-15)13(10-22-24)18(26)27-5-2/h4,6-10,22H,1,5H2,2-3H3. The first-order valence-corrected chi connectivity index (χ1v) is 8.19. The van der Waals surface area contributed by atoms with Crippen molar-refractivity contribution in [1.29, 1.82) is 0 Å². The Morgan fingerprint density at radius 3 is 2.78 bits per heavy atom. The van der Waals surface area contributed by atoms with E-state index in [9.17, 15) is 18.4 Å². The number of halogens is 2. The number of fused-ring (bicyclic) bond motifs is 1. The van der Waals surface area contributed by atoms with E-state index in [2.05, 4.69) is 16.7 Å². The van der Waals surface area contributed by atoms with E-state index in [4.69, 9.17) is 4.74 Å². The number of allylic oxidation sites excluding steroid dienone is 1. The van der Waals surface area contributed by atoms with Gasteiger partial charge < -0.3 is 4.74 Å². The van der Waals surface area contributed by atoms with Crippen LogP contribution in [0.15, 0.2) is 47.9 Å². The van der Waals surface area contributed by atoms with Crippen molar-refractivity contribution in [2.45, 2.75) is 19.8 Å². The van der Waals surface area contributed by atoms with E-state index in [-0.39, 0.29) is 29.1 Å². The lowest BCUT2D eigenvalue weighted by Crippen LogP contribution is -2.15. The summed E-state index contributed by atoms with van der Waals surface area (Å²) in [5.74, 6) is -3.77. The SMILES string of the molecule is C=CC(F)(F)c1ccc(-c2cc(=O)n3[nH]cc(C(=O)OCC)c3n2)cc1C. The van der Waals surface area contributed by atoms with Gasteiger partial charge in [0.05, 0.1) is 12.3 Å². The van der Waals surface area contributed by atoms with Gasteiger partial charge in [-0.05, 0) is 31.6 Å². The Morgan fingerprint density at radius 2 is 2.15 bits per heavy atom. The maximum Gasteiger partial charge on any atom is 0.343 e. The molecule has 2 aromatic heterocycles. The fourth-order valence-electron chi connectivity index (χ4n) is 2.80. The molecule has 0 aliphatic rings. The average Bonchev–Trinajstić information content (AvgIpc) is 3.06. The molecule has 140 valence electrons. The fraction of sp³-hybridized carbons (Fsp3) is 0.211. The van der Waals surface area contributed by atoms with Gasteiger partial charge in [-0.15, -0.1) is 0 Å². The Kier molecular flexibility index (Phi) is 4.65. The summed E-state index contributed by atoms with van der Waals surface area (Å²) in [4.78, 5) is 28.7. The summed E-state index contributed by atoms with van der Waals surface area (Å²) in [7, 11) is 0. The van der Waals surface area contributed by atoms with Gasteiger partial charge in [-0.1, -0.05) is 18.7 Å². The number of aryl methyl sites for hydroxylation is 1. The second kappa shape index (κ2) is 6.79. The van der Waals surface area contributed by atoms with Crippen LogP contribution in [0.1, 0.15) is 28.4 Å². The number of carbonyl (C=O) groups excluding carboxylic acids is 1. The molecule has 0 aliphatic heterocycles. The first-order chi connectivity index (χ1) is 12.8. The molecule has 0 saturated heterocycles. The van der Waals surface area contributed by atoms with Gasteiger partial charge in [0.1, 0.15) is 5.56 Å². The Labute approximate surface area is 153 Å². The van der Waals surface area contributed by atoms with Crippen molar-refractivity contribution < 1.29 is 18.3 Å². The average molecular weight is 373 g/mol. The number of benzene rings is 1. The van der Waals surface area contributed by atoms with Crippen LogP contribution in [0, 0.1) is 6.92 Å². The smallest absolute Gasteiger partial charge is 0.343 e. The molecule has 0 atom stereocenters. The molecule has 3 aromatic rings. The molecule has 1 aromatic carbocycles. The Morgan fingerprint density at radius 1 is 1.41 bits per heavy atom. The molecule has 0 aliphatic carbocycles. The number of alkyl halides is 2. The maximum atomic E-state index is 13.9. The first-order valence-electron chi connectivity index (χ1n) is 8.19. The molecule has 0 amide bonds. The molecule has 2 heterocycles. The topological polar surface area (TPSA) is 76.5 Å². The largest absolute Gasteiger partial charge is 0.462 e. The summed E-state index contributed by atoms with van der Waals surface area (Å²) in [5.41, 5.74) is 0.681. The van der Waals surface area contributed by atoms with Crippen molar-refractivity contribution in [3.63, 3.8) is 0 Å². The van der Waals surface area contributed by atoms with Crippen LogP contribution in [0.3, 0.4) is 0 Å². The number of H-pyrrole nitrogens is 1. The van der Waals surface area contributed by atoms with Crippen LogP contribution in [0.25, 0.3) is 16.9 Å². The van der Waals surface area contributed by atoms with Crippen LogP contribution in [-0.4, -0.2) is 27.2 Å². The molecule has 0 bridgehead atoms. The summed E-state index contributed by atoms with van der Waals surface area (Å²) in [5, 5.41) is 2.65. The molecule has 3 rings (SSSR count). The fourth-order valence-corrected chi connectivity index (χ4v) is 2.80. The van der Waals surface area contributed by atoms with E-state index in [0.717, 1.165) is 4.52 Å². The Bertz CT molecular complexity index is 1100. The van der Waals surface area contributed by atoms with Crippen molar-refractivity contribution in [3.05, 3.63) is 70.2 Å². The third-order valence-electron chi connectivity index (χ3n) is 4.13. The molecule has 0 saturated carbocycles. The van der Waals surface area contributed by atoms with Crippen LogP contribution in [0.2, 0.25) is 0 Å². The molecule has 8 heteroatoms. The summed E-state index contributed by atoms with van der Waals surface area (Å²) in [6, 6.07) is 5.51. The second-order valence-electron chi connectivity index (χ2n) is 5.90. The number of rotatable bonds is 5. The lowest BCUT2D eigenvalue weighted by atomic mass is 9.98. The lowest BCUT2D eigenvalue weighted by molar-refractivity contribution is 0.0514. The molecular weight excluding hydrogens is 356 g/mol. The molecular formula is C19H17F2N3O3. The van der Waals surface area contributed by atoms with Gasteiger partial charge in [-0.3, -0.25) is 9.89 Å². The Hall–Kier alpha value is -3.29. The number of nitrogens with one attached hydrogen (secondary N) is 1. The predicted octanol–water partition coefficient (Wildman–Crippen LogP) is 3.45. The van der Waals surface area contributed by atoms with Gasteiger partial charge in [0, 0.05) is 23.4 Å². The van der Waals surface area contributed by atoms with Gasteiger partial charge in [0.15, 0.2) is 5.65 Å². The summed E-state index contributed by atoms with van der Waals surface area (Å²) < 4.78 is 33.8. The number of ether oxygens (including phenoxy) is 1. The van der Waals surface area contributed by atoms with Crippen LogP contribution in [-0.2, 0) is 10.7 Å². The predicted molar refractivity (Wildman–Crippen MR) is 96.0 cm³/mol. The summed E-state index contributed by atoms with van der Waals surface area (Å²) >= 11 is 0. The normalized spacial score (nSPS) is 11.6. The van der Waals surface area contributed by atoms with E-state index >= 15 is 0 Å². The number of aromatic amines is 1. The minimum absolute atomic E-state index is 0.106. The molecule has 0 unspecified atom stereocenters. The zero-order valence-electron chi connectivity index (χ0n) is 14.8. The molecule has 0 fully saturated rings. The van der Waals surface area contributed by atoms with Crippen LogP contribution < -0.4 is 5.56 Å². The van der Waals surface area contributed by atoms with E-state index in [1.807, 2.05) is 0 Å². The van der Waals surface area contributed by atoms with Crippen LogP contribution in [0.5, 0.6) is 0 Å². The number of aromatic nitrogens is 3. The highest BCUT2D eigenvalue weighted by Gasteiger charge is 2.29. The van der Waals surface area contributed by atoms with Crippen molar-refractivity contribution in [2.75, 3.05) is 6.61 Å². The van der Waals surface area contributed by atoms with Gasteiger partial charge in [0.25, 0.3) is 11.5 Å². The minimum atomic E-state index is -3.16. The van der Waals surface area contributed by atoms with E-state index in [0.29, 0.717) is 17.2 Å². The maximum absolute atomic E-state index is 13.9. The van der Waals surface area contributed by atoms with Gasteiger partial charge in [0.2, 0.25) is 0 Å². The Balaban J connectivity index is 2.14. The zero-order valence-corrected chi connectivity index (χ0v) is 14.8. The third-order valence-corrected chi connectivity index (χ3v) is 4.13. The number of carbonyl (C=O) groups is 1. The summed E-state index contributed by atoms with van der Waals surface area (Å²) in [6.07, 6.45) is 1.92. The van der Waals surface area contributed by atoms with Crippen LogP contribution >= 0.6 is 0 Å². The number of esters is 1. The minimum Gasteiger partial charge on any atom is -0.462 e. The molecule has 1 N–H and O–H groups in total. The monoisotopic (exact) mass is 373 g/mol.